The number of carbonyl (C=O) groups is 2. The maximum atomic E-state index is 11.7. The molecule has 0 fully saturated rings. The second kappa shape index (κ2) is 5.48. The quantitative estimate of drug-likeness (QED) is 0.834. The predicted octanol–water partition coefficient (Wildman–Crippen LogP) is 2.13. The fourth-order valence-corrected chi connectivity index (χ4v) is 1.85. The third kappa shape index (κ3) is 3.07. The van der Waals surface area contributed by atoms with E-state index < -0.39 is 5.97 Å². The number of hydrogen-bond acceptors (Lipinski definition) is 3. The number of aryl methyl sites for hydroxylation is 1. The largest absolute Gasteiger partial charge is 0.481 e. The zero-order valence-electron chi connectivity index (χ0n) is 10.5. The third-order valence-corrected chi connectivity index (χ3v) is 2.89. The van der Waals surface area contributed by atoms with Crippen LogP contribution >= 0.6 is 0 Å². The van der Waals surface area contributed by atoms with Crippen LogP contribution in [0.5, 0.6) is 0 Å². The van der Waals surface area contributed by atoms with Gasteiger partial charge in [-0.25, -0.2) is 0 Å². The van der Waals surface area contributed by atoms with Crippen LogP contribution in [0.25, 0.3) is 11.3 Å². The summed E-state index contributed by atoms with van der Waals surface area (Å²) in [6.07, 6.45) is 1.60. The highest BCUT2D eigenvalue weighted by molar-refractivity contribution is 5.97. The van der Waals surface area contributed by atoms with Crippen LogP contribution in [-0.2, 0) is 11.8 Å². The van der Waals surface area contributed by atoms with Crippen molar-refractivity contribution >= 4 is 11.8 Å². The number of nitrogens with zero attached hydrogens (tertiary/aromatic N) is 2. The number of carbonyl (C=O) groups excluding carboxylic acids is 1. The molecule has 1 aromatic carbocycles. The molecule has 0 spiro atoms. The van der Waals surface area contributed by atoms with Crippen LogP contribution in [0.1, 0.15) is 23.2 Å². The summed E-state index contributed by atoms with van der Waals surface area (Å²) in [5.41, 5.74) is 2.46. The number of aliphatic carboxylic acids is 1. The maximum absolute atomic E-state index is 11.7. The molecule has 0 amide bonds. The van der Waals surface area contributed by atoms with Crippen LogP contribution in [-0.4, -0.2) is 26.6 Å². The monoisotopic (exact) mass is 258 g/mol. The topological polar surface area (TPSA) is 72.2 Å². The number of carboxylic acid groups (broad SMARTS) is 1. The van der Waals surface area contributed by atoms with Gasteiger partial charge >= 0.3 is 5.97 Å². The summed E-state index contributed by atoms with van der Waals surface area (Å²) in [5, 5.41) is 12.6. The molecule has 0 aliphatic rings. The molecule has 0 aliphatic carbocycles. The average Bonchev–Trinajstić information content (AvgIpc) is 2.82. The van der Waals surface area contributed by atoms with Crippen LogP contribution < -0.4 is 0 Å². The first-order valence-corrected chi connectivity index (χ1v) is 5.91. The van der Waals surface area contributed by atoms with Gasteiger partial charge in [-0.1, -0.05) is 24.3 Å². The molecule has 0 saturated carbocycles. The predicted molar refractivity (Wildman–Crippen MR) is 69.8 cm³/mol. The van der Waals surface area contributed by atoms with Crippen molar-refractivity contribution in [1.29, 1.82) is 0 Å². The van der Waals surface area contributed by atoms with E-state index in [0.29, 0.717) is 5.56 Å². The molecule has 0 bridgehead atoms. The Bertz CT molecular complexity index is 599. The molecular weight excluding hydrogens is 244 g/mol. The summed E-state index contributed by atoms with van der Waals surface area (Å²) >= 11 is 0. The van der Waals surface area contributed by atoms with Gasteiger partial charge in [-0.15, -0.1) is 0 Å². The molecule has 0 aliphatic heterocycles. The highest BCUT2D eigenvalue weighted by Gasteiger charge is 2.09. The normalized spacial score (nSPS) is 10.4. The van der Waals surface area contributed by atoms with Crippen molar-refractivity contribution in [1.82, 2.24) is 9.78 Å². The summed E-state index contributed by atoms with van der Waals surface area (Å²) in [7, 11) is 1.85. The Morgan fingerprint density at radius 2 is 1.84 bits per heavy atom. The number of carboxylic acids is 1. The van der Waals surface area contributed by atoms with Gasteiger partial charge < -0.3 is 5.11 Å². The van der Waals surface area contributed by atoms with Gasteiger partial charge in [-0.05, 0) is 11.6 Å². The first-order chi connectivity index (χ1) is 9.08. The van der Waals surface area contributed by atoms with Gasteiger partial charge in [0.15, 0.2) is 5.78 Å². The molecule has 0 saturated heterocycles. The van der Waals surface area contributed by atoms with Crippen molar-refractivity contribution < 1.29 is 14.7 Å². The maximum Gasteiger partial charge on any atom is 0.303 e. The highest BCUT2D eigenvalue weighted by Crippen LogP contribution is 2.19. The lowest BCUT2D eigenvalue weighted by molar-refractivity contribution is -0.136. The summed E-state index contributed by atoms with van der Waals surface area (Å²) in [5.74, 6) is -1.11. The summed E-state index contributed by atoms with van der Waals surface area (Å²) in [4.78, 5) is 22.2. The zero-order valence-corrected chi connectivity index (χ0v) is 10.5. The van der Waals surface area contributed by atoms with E-state index in [4.69, 9.17) is 5.11 Å². The molecule has 1 aromatic heterocycles. The van der Waals surface area contributed by atoms with Crippen LogP contribution in [0.4, 0.5) is 0 Å². The van der Waals surface area contributed by atoms with Crippen molar-refractivity contribution in [2.45, 2.75) is 12.8 Å². The Hall–Kier alpha value is -2.43. The van der Waals surface area contributed by atoms with E-state index in [1.807, 2.05) is 25.2 Å². The second-order valence-corrected chi connectivity index (χ2v) is 4.23. The average molecular weight is 258 g/mol. The standard InChI is InChI=1S/C14H14N2O3/c1-16-12(8-9-15-16)10-2-4-11(5-3-10)13(17)6-7-14(18)19/h2-5,8-9H,6-7H2,1H3,(H,18,19). The molecule has 98 valence electrons. The van der Waals surface area contributed by atoms with Gasteiger partial charge in [-0.3, -0.25) is 14.3 Å². The van der Waals surface area contributed by atoms with Gasteiger partial charge in [0.1, 0.15) is 0 Å². The smallest absolute Gasteiger partial charge is 0.303 e. The second-order valence-electron chi connectivity index (χ2n) is 4.23. The number of Topliss-reactive ketones (excluding diaryl/α,β-unsaturated/α-hetero) is 1. The molecule has 5 heteroatoms. The lowest BCUT2D eigenvalue weighted by atomic mass is 10.0. The Morgan fingerprint density at radius 1 is 1.16 bits per heavy atom. The van der Waals surface area contributed by atoms with E-state index in [0.717, 1.165) is 11.3 Å². The van der Waals surface area contributed by atoms with Crippen molar-refractivity contribution in [3.05, 3.63) is 42.1 Å². The van der Waals surface area contributed by atoms with Crippen LogP contribution in [0.2, 0.25) is 0 Å². The lowest BCUT2D eigenvalue weighted by Crippen LogP contribution is -2.03. The van der Waals surface area contributed by atoms with E-state index in [-0.39, 0.29) is 18.6 Å². The first kappa shape index (κ1) is 13.0. The first-order valence-electron chi connectivity index (χ1n) is 5.91. The Morgan fingerprint density at radius 3 is 2.37 bits per heavy atom. The van der Waals surface area contributed by atoms with Crippen LogP contribution in [0, 0.1) is 0 Å². The lowest BCUT2D eigenvalue weighted by Gasteiger charge is -2.04. The van der Waals surface area contributed by atoms with Crippen molar-refractivity contribution in [2.24, 2.45) is 7.05 Å². The van der Waals surface area contributed by atoms with Crippen LogP contribution in [0.3, 0.4) is 0 Å². The SMILES string of the molecule is Cn1nccc1-c1ccc(C(=O)CCC(=O)O)cc1. The van der Waals surface area contributed by atoms with Crippen LogP contribution in [0.15, 0.2) is 36.5 Å². The molecular formula is C14H14N2O3. The minimum absolute atomic E-state index is 0.0282. The molecule has 1 heterocycles. The van der Waals surface area contributed by atoms with Gasteiger partial charge in [0, 0.05) is 25.2 Å². The van der Waals surface area contributed by atoms with Crippen molar-refractivity contribution in [3.8, 4) is 11.3 Å². The minimum Gasteiger partial charge on any atom is -0.481 e. The van der Waals surface area contributed by atoms with E-state index in [1.165, 1.54) is 0 Å². The molecule has 19 heavy (non-hydrogen) atoms. The molecule has 5 nitrogen and oxygen atoms in total. The fraction of sp³-hybridized carbons (Fsp3) is 0.214. The van der Waals surface area contributed by atoms with E-state index in [9.17, 15) is 9.59 Å². The fourth-order valence-electron chi connectivity index (χ4n) is 1.85. The van der Waals surface area contributed by atoms with Crippen molar-refractivity contribution in [3.63, 3.8) is 0 Å². The molecule has 0 radical (unpaired) electrons. The number of ketones is 1. The molecule has 0 atom stereocenters. The van der Waals surface area contributed by atoms with Gasteiger partial charge in [0.2, 0.25) is 0 Å². The molecule has 2 aromatic rings. The van der Waals surface area contributed by atoms with Gasteiger partial charge in [0.05, 0.1) is 12.1 Å². The zero-order chi connectivity index (χ0) is 13.8. The number of rotatable bonds is 5. The summed E-state index contributed by atoms with van der Waals surface area (Å²) in [6, 6.07) is 9.00. The molecule has 0 unspecified atom stereocenters. The Balaban J connectivity index is 2.13. The van der Waals surface area contributed by atoms with E-state index in [2.05, 4.69) is 5.10 Å². The molecule has 2 rings (SSSR count). The van der Waals surface area contributed by atoms with E-state index in [1.54, 1.807) is 23.0 Å². The summed E-state index contributed by atoms with van der Waals surface area (Å²) in [6.45, 7) is 0. The highest BCUT2D eigenvalue weighted by atomic mass is 16.4. The third-order valence-electron chi connectivity index (χ3n) is 2.89. The number of benzene rings is 1. The Kier molecular flexibility index (Phi) is 3.75. The molecule has 1 N–H and O–H groups in total. The minimum atomic E-state index is -0.958. The van der Waals surface area contributed by atoms with Crippen molar-refractivity contribution in [2.75, 3.05) is 0 Å². The van der Waals surface area contributed by atoms with Gasteiger partial charge in [0.25, 0.3) is 0 Å². The van der Waals surface area contributed by atoms with Gasteiger partial charge in [-0.2, -0.15) is 5.10 Å². The number of aromatic nitrogens is 2. The number of hydrogen-bond donors (Lipinski definition) is 1. The Labute approximate surface area is 110 Å². The summed E-state index contributed by atoms with van der Waals surface area (Å²) < 4.78 is 1.75. The van der Waals surface area contributed by atoms with E-state index >= 15 is 0 Å².